The molecule has 1 aromatic heterocycles. The molecule has 9 nitrogen and oxygen atoms in total. The van der Waals surface area contributed by atoms with Crippen LogP contribution in [0, 0.1) is 0 Å². The van der Waals surface area contributed by atoms with Crippen molar-refractivity contribution in [2.75, 3.05) is 34.5 Å². The van der Waals surface area contributed by atoms with Crippen LogP contribution in [0.2, 0.25) is 0 Å². The van der Waals surface area contributed by atoms with E-state index in [0.29, 0.717) is 55.8 Å². The van der Waals surface area contributed by atoms with Crippen molar-refractivity contribution in [3.05, 3.63) is 78.5 Å². The Morgan fingerprint density at radius 1 is 1.00 bits per heavy atom. The third kappa shape index (κ3) is 4.79. The number of hydrogen-bond acceptors (Lipinski definition) is 9. The number of allylic oxidation sites excluding steroid dienone is 1. The highest BCUT2D eigenvalue weighted by molar-refractivity contribution is 7.07. The number of hydrogen-bond donors (Lipinski definition) is 0. The van der Waals surface area contributed by atoms with Gasteiger partial charge in [0.05, 0.1) is 50.3 Å². The second kappa shape index (κ2) is 11.6. The van der Waals surface area contributed by atoms with Crippen LogP contribution < -0.4 is 33.8 Å². The number of carbonyl (C=O) groups excluding carboxylic acids is 1. The molecule has 0 bridgehead atoms. The normalized spacial score (nSPS) is 15.0. The molecule has 2 aromatic carbocycles. The van der Waals surface area contributed by atoms with Crippen LogP contribution in [0.15, 0.2) is 57.5 Å². The Morgan fingerprint density at radius 3 is 2.32 bits per heavy atom. The van der Waals surface area contributed by atoms with Gasteiger partial charge in [-0.25, -0.2) is 9.79 Å². The number of rotatable bonds is 9. The van der Waals surface area contributed by atoms with E-state index in [9.17, 15) is 9.59 Å². The van der Waals surface area contributed by atoms with E-state index in [1.165, 1.54) is 15.9 Å². The van der Waals surface area contributed by atoms with Crippen LogP contribution in [-0.4, -0.2) is 45.1 Å². The summed E-state index contributed by atoms with van der Waals surface area (Å²) in [4.78, 5) is 32.3. The number of esters is 1. The SMILES string of the molecule is CCOC(=O)C1=C(C)N=c2s/c(=C/c3cccc(OC)c3OC)c(=O)n2[C@H]1c1cccc(OC)c1OCC. The number of ether oxygens (including phenoxy) is 5. The van der Waals surface area contributed by atoms with E-state index in [-0.39, 0.29) is 17.7 Å². The zero-order valence-electron chi connectivity index (χ0n) is 22.2. The molecule has 0 N–H and O–H groups in total. The summed E-state index contributed by atoms with van der Waals surface area (Å²) in [6.07, 6.45) is 1.74. The minimum atomic E-state index is -0.837. The van der Waals surface area contributed by atoms with Crippen molar-refractivity contribution in [3.8, 4) is 23.0 Å². The van der Waals surface area contributed by atoms with Crippen molar-refractivity contribution in [1.82, 2.24) is 4.57 Å². The number of benzene rings is 2. The molecule has 38 heavy (non-hydrogen) atoms. The van der Waals surface area contributed by atoms with E-state index in [0.717, 1.165) is 0 Å². The number of fused-ring (bicyclic) bond motifs is 1. The Hall–Kier alpha value is -4.05. The van der Waals surface area contributed by atoms with Crippen LogP contribution in [0.1, 0.15) is 37.9 Å². The van der Waals surface area contributed by atoms with E-state index in [4.69, 9.17) is 23.7 Å². The topological polar surface area (TPSA) is 97.6 Å². The van der Waals surface area contributed by atoms with Gasteiger partial charge in [0.15, 0.2) is 27.8 Å². The highest BCUT2D eigenvalue weighted by Crippen LogP contribution is 2.40. The van der Waals surface area contributed by atoms with Crippen molar-refractivity contribution in [2.24, 2.45) is 4.99 Å². The molecular weight excluding hydrogens is 508 g/mol. The highest BCUT2D eigenvalue weighted by atomic mass is 32.1. The third-order valence-electron chi connectivity index (χ3n) is 6.05. The molecule has 0 fully saturated rings. The van der Waals surface area contributed by atoms with Crippen molar-refractivity contribution >= 4 is 23.4 Å². The fourth-order valence-electron chi connectivity index (χ4n) is 4.46. The summed E-state index contributed by atoms with van der Waals surface area (Å²) in [7, 11) is 4.64. The summed E-state index contributed by atoms with van der Waals surface area (Å²) in [5, 5.41) is 0. The van der Waals surface area contributed by atoms with Crippen LogP contribution in [0.4, 0.5) is 0 Å². The number of methoxy groups -OCH3 is 3. The lowest BCUT2D eigenvalue weighted by atomic mass is 9.94. The van der Waals surface area contributed by atoms with Gasteiger partial charge >= 0.3 is 5.97 Å². The molecule has 2 heterocycles. The Bertz CT molecular complexity index is 1570. The summed E-state index contributed by atoms with van der Waals surface area (Å²) in [6, 6.07) is 9.99. The minimum Gasteiger partial charge on any atom is -0.493 e. The molecule has 0 radical (unpaired) electrons. The lowest BCUT2D eigenvalue weighted by Crippen LogP contribution is -2.40. The van der Waals surface area contributed by atoms with Gasteiger partial charge in [-0.3, -0.25) is 9.36 Å². The van der Waals surface area contributed by atoms with Crippen molar-refractivity contribution in [2.45, 2.75) is 26.8 Å². The maximum absolute atomic E-state index is 14.0. The smallest absolute Gasteiger partial charge is 0.338 e. The molecule has 1 aliphatic heterocycles. The average molecular weight is 539 g/mol. The molecule has 0 spiro atoms. The zero-order valence-corrected chi connectivity index (χ0v) is 23.0. The minimum absolute atomic E-state index is 0.179. The first-order valence-electron chi connectivity index (χ1n) is 12.1. The molecule has 0 saturated heterocycles. The molecule has 0 aliphatic carbocycles. The first-order valence-corrected chi connectivity index (χ1v) is 12.9. The fourth-order valence-corrected chi connectivity index (χ4v) is 5.50. The van der Waals surface area contributed by atoms with Gasteiger partial charge in [0.2, 0.25) is 0 Å². The number of aromatic nitrogens is 1. The van der Waals surface area contributed by atoms with Gasteiger partial charge in [-0.05, 0) is 39.0 Å². The first-order chi connectivity index (χ1) is 18.4. The number of thiazole rings is 1. The summed E-state index contributed by atoms with van der Waals surface area (Å²) < 4.78 is 29.8. The lowest BCUT2D eigenvalue weighted by molar-refractivity contribution is -0.139. The summed E-state index contributed by atoms with van der Waals surface area (Å²) in [5.41, 5.74) is 1.68. The van der Waals surface area contributed by atoms with E-state index in [1.807, 2.05) is 25.1 Å². The molecule has 1 atom stereocenters. The van der Waals surface area contributed by atoms with Gasteiger partial charge in [-0.15, -0.1) is 0 Å². The van der Waals surface area contributed by atoms with E-state index >= 15 is 0 Å². The fraction of sp³-hybridized carbons (Fsp3) is 0.321. The molecule has 4 rings (SSSR count). The predicted molar refractivity (Wildman–Crippen MR) is 144 cm³/mol. The van der Waals surface area contributed by atoms with Gasteiger partial charge in [0, 0.05) is 11.1 Å². The molecule has 0 unspecified atom stereocenters. The van der Waals surface area contributed by atoms with E-state index in [2.05, 4.69) is 4.99 Å². The molecule has 1 aliphatic rings. The maximum atomic E-state index is 14.0. The second-order valence-electron chi connectivity index (χ2n) is 8.20. The summed E-state index contributed by atoms with van der Waals surface area (Å²) in [6.45, 7) is 5.87. The van der Waals surface area contributed by atoms with Gasteiger partial charge in [0.1, 0.15) is 6.04 Å². The molecule has 0 saturated carbocycles. The van der Waals surface area contributed by atoms with Gasteiger partial charge in [0.25, 0.3) is 5.56 Å². The Kier molecular flexibility index (Phi) is 8.21. The van der Waals surface area contributed by atoms with Crippen molar-refractivity contribution in [3.63, 3.8) is 0 Å². The summed E-state index contributed by atoms with van der Waals surface area (Å²) >= 11 is 1.22. The standard InChI is InChI=1S/C28H30N2O7S/c1-7-36-25-18(12-10-14-20(25)34-5)23-22(27(32)37-8-2)16(3)29-28-30(23)26(31)21(38-28)15-17-11-9-13-19(33-4)24(17)35-6/h9-15,23H,7-8H2,1-6H3/b21-15+/t23-/m0/s1. The molecule has 200 valence electrons. The van der Waals surface area contributed by atoms with Gasteiger partial charge < -0.3 is 23.7 Å². The Morgan fingerprint density at radius 2 is 1.68 bits per heavy atom. The number of nitrogens with zero attached hydrogens (tertiary/aromatic N) is 2. The predicted octanol–water partition coefficient (Wildman–Crippen LogP) is 3.22. The van der Waals surface area contributed by atoms with Crippen LogP contribution in [0.3, 0.4) is 0 Å². The quantitative estimate of drug-likeness (QED) is 0.386. The van der Waals surface area contributed by atoms with Crippen molar-refractivity contribution in [1.29, 1.82) is 0 Å². The van der Waals surface area contributed by atoms with Gasteiger partial charge in [-0.2, -0.15) is 0 Å². The highest BCUT2D eigenvalue weighted by Gasteiger charge is 2.36. The first kappa shape index (κ1) is 27.0. The van der Waals surface area contributed by atoms with Crippen molar-refractivity contribution < 1.29 is 28.5 Å². The lowest BCUT2D eigenvalue weighted by Gasteiger charge is -2.26. The number of para-hydroxylation sites is 2. The monoisotopic (exact) mass is 538 g/mol. The van der Waals surface area contributed by atoms with E-state index in [1.54, 1.807) is 59.5 Å². The Balaban J connectivity index is 2.03. The second-order valence-corrected chi connectivity index (χ2v) is 9.21. The Labute approximate surface area is 224 Å². The van der Waals surface area contributed by atoms with Gasteiger partial charge in [-0.1, -0.05) is 35.6 Å². The van der Waals surface area contributed by atoms with Crippen LogP contribution >= 0.6 is 11.3 Å². The van der Waals surface area contributed by atoms with Crippen LogP contribution in [0.5, 0.6) is 23.0 Å². The number of carbonyl (C=O) groups is 1. The maximum Gasteiger partial charge on any atom is 0.338 e. The third-order valence-corrected chi connectivity index (χ3v) is 7.03. The van der Waals surface area contributed by atoms with E-state index < -0.39 is 12.0 Å². The summed E-state index contributed by atoms with van der Waals surface area (Å²) in [5.74, 6) is 1.44. The molecule has 3 aromatic rings. The molecule has 0 amide bonds. The van der Waals surface area contributed by atoms with Crippen LogP contribution in [-0.2, 0) is 9.53 Å². The molecular formula is C28H30N2O7S. The zero-order chi connectivity index (χ0) is 27.4. The largest absolute Gasteiger partial charge is 0.493 e. The van der Waals surface area contributed by atoms with Crippen LogP contribution in [0.25, 0.3) is 6.08 Å². The average Bonchev–Trinajstić information content (AvgIpc) is 3.22. The molecule has 10 heteroatoms.